The first kappa shape index (κ1) is 16.2. The van der Waals surface area contributed by atoms with Crippen molar-refractivity contribution in [2.45, 2.75) is 12.8 Å². The molecule has 0 aliphatic heterocycles. The Hall–Kier alpha value is -0.820. The van der Waals surface area contributed by atoms with Crippen molar-refractivity contribution in [1.29, 1.82) is 0 Å². The number of nitrogens with one attached hydrogen (secondary N) is 1. The lowest BCUT2D eigenvalue weighted by Gasteiger charge is -2.15. The van der Waals surface area contributed by atoms with Crippen molar-refractivity contribution in [3.63, 3.8) is 0 Å². The highest BCUT2D eigenvalue weighted by Gasteiger charge is 2.20. The van der Waals surface area contributed by atoms with Gasteiger partial charge in [0.15, 0.2) is 0 Å². The van der Waals surface area contributed by atoms with Crippen molar-refractivity contribution in [1.82, 2.24) is 5.32 Å². The second-order valence-electron chi connectivity index (χ2n) is 4.02. The van der Waals surface area contributed by atoms with Crippen LogP contribution in [0.1, 0.15) is 18.4 Å². The van der Waals surface area contributed by atoms with E-state index in [0.29, 0.717) is 15.6 Å². The third kappa shape index (κ3) is 4.99. The van der Waals surface area contributed by atoms with Gasteiger partial charge in [0.1, 0.15) is 0 Å². The molecule has 1 aromatic carbocycles. The molecule has 1 rings (SSSR count). The first-order valence-electron chi connectivity index (χ1n) is 5.44. The molecule has 0 radical (unpaired) electrons. The number of nitrogens with two attached hydrogens (primary N) is 1. The fourth-order valence-corrected chi connectivity index (χ4v) is 2.64. The Morgan fingerprint density at radius 1 is 1.37 bits per heavy atom. The van der Waals surface area contributed by atoms with Crippen LogP contribution in [0, 0.1) is 0 Å². The zero-order chi connectivity index (χ0) is 14.6. The Bertz CT molecular complexity index is 555. The van der Waals surface area contributed by atoms with Gasteiger partial charge >= 0.3 is 0 Å². The number of hydrogen-bond acceptors (Lipinski definition) is 3. The molecule has 1 amide bonds. The molecule has 0 unspecified atom stereocenters. The first-order chi connectivity index (χ1) is 8.72. The lowest BCUT2D eigenvalue weighted by Crippen LogP contribution is -2.34. The normalized spacial score (nSPS) is 13.1. The average Bonchev–Trinajstić information content (AvgIpc) is 2.26. The maximum Gasteiger partial charge on any atom is 0.227 e. The predicted octanol–water partition coefficient (Wildman–Crippen LogP) is 1.50. The summed E-state index contributed by atoms with van der Waals surface area (Å²) >= 11 is 12.0. The van der Waals surface area contributed by atoms with Gasteiger partial charge in [-0.1, -0.05) is 29.3 Å². The summed E-state index contributed by atoms with van der Waals surface area (Å²) in [5.74, 6) is -1.26. The molecule has 0 bridgehead atoms. The molecule has 0 aromatic heterocycles. The van der Waals surface area contributed by atoms with E-state index in [1.54, 1.807) is 25.1 Å². The standard InChI is InChI=1S/C11H14Cl2N2O3S/c1-7(10-8(12)3-2-4-9(10)13)11(16)15-5-6-19(14,17)18/h2-4,7H,5-6H2,1H3,(H,15,16)(H2,14,17,18)/t7-/m1/s1. The smallest absolute Gasteiger partial charge is 0.227 e. The van der Waals surface area contributed by atoms with Crippen molar-refractivity contribution in [3.8, 4) is 0 Å². The van der Waals surface area contributed by atoms with Crippen LogP contribution in [0.2, 0.25) is 10.0 Å². The van der Waals surface area contributed by atoms with Crippen LogP contribution in [0.15, 0.2) is 18.2 Å². The average molecular weight is 325 g/mol. The molecule has 0 spiro atoms. The van der Waals surface area contributed by atoms with Crippen LogP contribution in [-0.2, 0) is 14.8 Å². The van der Waals surface area contributed by atoms with Gasteiger partial charge in [-0.15, -0.1) is 0 Å². The van der Waals surface area contributed by atoms with E-state index in [0.717, 1.165) is 0 Å². The quantitative estimate of drug-likeness (QED) is 0.860. The maximum atomic E-state index is 11.9. The minimum absolute atomic E-state index is 0.0515. The molecule has 3 N–H and O–H groups in total. The molecule has 0 heterocycles. The van der Waals surface area contributed by atoms with E-state index >= 15 is 0 Å². The minimum atomic E-state index is -3.59. The number of benzene rings is 1. The second kappa shape index (κ2) is 6.56. The summed E-state index contributed by atoms with van der Waals surface area (Å²) < 4.78 is 21.5. The van der Waals surface area contributed by atoms with Gasteiger partial charge in [-0.3, -0.25) is 4.79 Å². The van der Waals surface area contributed by atoms with E-state index in [4.69, 9.17) is 28.3 Å². The second-order valence-corrected chi connectivity index (χ2v) is 6.56. The van der Waals surface area contributed by atoms with Gasteiger partial charge in [0.05, 0.1) is 11.7 Å². The van der Waals surface area contributed by atoms with Crippen LogP contribution in [0.5, 0.6) is 0 Å². The Kier molecular flexibility index (Phi) is 5.61. The first-order valence-corrected chi connectivity index (χ1v) is 7.91. The number of rotatable bonds is 5. The number of carbonyl (C=O) groups is 1. The van der Waals surface area contributed by atoms with Gasteiger partial charge in [0.25, 0.3) is 0 Å². The highest BCUT2D eigenvalue weighted by Crippen LogP contribution is 2.31. The van der Waals surface area contributed by atoms with Crippen molar-refractivity contribution in [2.75, 3.05) is 12.3 Å². The number of amides is 1. The summed E-state index contributed by atoms with van der Waals surface area (Å²) in [6.07, 6.45) is 0. The summed E-state index contributed by atoms with van der Waals surface area (Å²) in [5, 5.41) is 8.09. The van der Waals surface area contributed by atoms with Crippen molar-refractivity contribution in [2.24, 2.45) is 5.14 Å². The molecule has 5 nitrogen and oxygen atoms in total. The van der Waals surface area contributed by atoms with Crippen LogP contribution in [0.4, 0.5) is 0 Å². The third-order valence-electron chi connectivity index (χ3n) is 2.51. The molecule has 8 heteroatoms. The fourth-order valence-electron chi connectivity index (χ4n) is 1.53. The fraction of sp³-hybridized carbons (Fsp3) is 0.364. The van der Waals surface area contributed by atoms with Crippen molar-refractivity contribution in [3.05, 3.63) is 33.8 Å². The topological polar surface area (TPSA) is 89.3 Å². The Balaban J connectivity index is 2.72. The summed E-state index contributed by atoms with van der Waals surface area (Å²) in [4.78, 5) is 11.9. The van der Waals surface area contributed by atoms with Gasteiger partial charge in [0, 0.05) is 22.2 Å². The number of halogens is 2. The summed E-state index contributed by atoms with van der Waals surface area (Å²) in [6.45, 7) is 1.59. The zero-order valence-corrected chi connectivity index (χ0v) is 12.5. The largest absolute Gasteiger partial charge is 0.355 e. The maximum absolute atomic E-state index is 11.9. The number of sulfonamides is 1. The SMILES string of the molecule is C[C@@H](C(=O)NCCS(N)(=O)=O)c1c(Cl)cccc1Cl. The summed E-state index contributed by atoms with van der Waals surface area (Å²) in [5.41, 5.74) is 0.513. The van der Waals surface area contributed by atoms with Gasteiger partial charge in [-0.25, -0.2) is 13.6 Å². The predicted molar refractivity (Wildman–Crippen MR) is 75.9 cm³/mol. The number of primary sulfonamides is 1. The van der Waals surface area contributed by atoms with Crippen LogP contribution in [0.25, 0.3) is 0 Å². The third-order valence-corrected chi connectivity index (χ3v) is 3.94. The molecule has 0 saturated carbocycles. The zero-order valence-electron chi connectivity index (χ0n) is 10.2. The van der Waals surface area contributed by atoms with E-state index in [9.17, 15) is 13.2 Å². The van der Waals surface area contributed by atoms with Gasteiger partial charge < -0.3 is 5.32 Å². The van der Waals surface area contributed by atoms with Crippen molar-refractivity contribution < 1.29 is 13.2 Å². The molecular formula is C11H14Cl2N2O3S. The molecule has 19 heavy (non-hydrogen) atoms. The Morgan fingerprint density at radius 3 is 2.37 bits per heavy atom. The van der Waals surface area contributed by atoms with Crippen LogP contribution in [-0.4, -0.2) is 26.6 Å². The number of hydrogen-bond donors (Lipinski definition) is 2. The molecule has 1 atom stereocenters. The van der Waals surface area contributed by atoms with Gasteiger partial charge in [0.2, 0.25) is 15.9 Å². The highest BCUT2D eigenvalue weighted by atomic mass is 35.5. The van der Waals surface area contributed by atoms with E-state index in [1.807, 2.05) is 0 Å². The minimum Gasteiger partial charge on any atom is -0.355 e. The lowest BCUT2D eigenvalue weighted by atomic mass is 10.0. The number of carbonyl (C=O) groups excluding carboxylic acids is 1. The van der Waals surface area contributed by atoms with Crippen LogP contribution in [0.3, 0.4) is 0 Å². The monoisotopic (exact) mass is 324 g/mol. The summed E-state index contributed by atoms with van der Waals surface area (Å²) in [6, 6.07) is 4.95. The lowest BCUT2D eigenvalue weighted by molar-refractivity contribution is -0.122. The Labute approximate surface area is 122 Å². The van der Waals surface area contributed by atoms with Gasteiger partial charge in [-0.2, -0.15) is 0 Å². The van der Waals surface area contributed by atoms with E-state index < -0.39 is 15.9 Å². The van der Waals surface area contributed by atoms with Crippen LogP contribution >= 0.6 is 23.2 Å². The van der Waals surface area contributed by atoms with E-state index in [1.165, 1.54) is 0 Å². The molecule has 106 valence electrons. The Morgan fingerprint density at radius 2 is 1.89 bits per heavy atom. The molecule has 0 fully saturated rings. The molecule has 0 aliphatic carbocycles. The van der Waals surface area contributed by atoms with Gasteiger partial charge in [-0.05, 0) is 19.1 Å². The molecule has 0 aliphatic rings. The molecular weight excluding hydrogens is 311 g/mol. The summed E-state index contributed by atoms with van der Waals surface area (Å²) in [7, 11) is -3.59. The van der Waals surface area contributed by atoms with Crippen molar-refractivity contribution >= 4 is 39.1 Å². The highest BCUT2D eigenvalue weighted by molar-refractivity contribution is 7.89. The van der Waals surface area contributed by atoms with E-state index in [2.05, 4.69) is 5.32 Å². The van der Waals surface area contributed by atoms with E-state index in [-0.39, 0.29) is 18.2 Å². The van der Waals surface area contributed by atoms with Crippen LogP contribution < -0.4 is 10.5 Å². The molecule has 0 saturated heterocycles. The molecule has 1 aromatic rings.